The molecular formula is C17H16ClF4N3. The highest BCUT2D eigenvalue weighted by molar-refractivity contribution is 6.33. The normalized spacial score (nSPS) is 16.3. The van der Waals surface area contributed by atoms with Crippen molar-refractivity contribution < 1.29 is 17.6 Å². The Morgan fingerprint density at radius 2 is 1.68 bits per heavy atom. The monoisotopic (exact) mass is 373 g/mol. The smallest absolute Gasteiger partial charge is 0.353 e. The van der Waals surface area contributed by atoms with Gasteiger partial charge in [-0.25, -0.2) is 9.37 Å². The van der Waals surface area contributed by atoms with Crippen LogP contribution in [0.4, 0.5) is 23.4 Å². The van der Waals surface area contributed by atoms with Gasteiger partial charge < -0.3 is 4.90 Å². The molecule has 0 unspecified atom stereocenters. The molecule has 3 nitrogen and oxygen atoms in total. The van der Waals surface area contributed by atoms with Crippen molar-refractivity contribution in [3.8, 4) is 0 Å². The lowest BCUT2D eigenvalue weighted by atomic mass is 10.2. The maximum atomic E-state index is 12.9. The molecule has 25 heavy (non-hydrogen) atoms. The van der Waals surface area contributed by atoms with Crippen molar-refractivity contribution in [2.75, 3.05) is 31.1 Å². The van der Waals surface area contributed by atoms with Crippen LogP contribution in [0.2, 0.25) is 5.02 Å². The van der Waals surface area contributed by atoms with Gasteiger partial charge in [-0.3, -0.25) is 4.90 Å². The molecule has 1 aromatic carbocycles. The lowest BCUT2D eigenvalue weighted by Gasteiger charge is -2.35. The number of anilines is 1. The van der Waals surface area contributed by atoms with Crippen molar-refractivity contribution in [1.82, 2.24) is 9.88 Å². The Kier molecular flexibility index (Phi) is 5.15. The maximum Gasteiger partial charge on any atom is 0.417 e. The third kappa shape index (κ3) is 4.41. The molecule has 0 aliphatic carbocycles. The fourth-order valence-electron chi connectivity index (χ4n) is 2.78. The SMILES string of the molecule is Fc1ccc(CN2CCN(c3ncc(C(F)(F)F)cc3Cl)CC2)cc1. The standard InChI is InChI=1S/C17H16ClF4N3/c18-15-9-13(17(20,21)22)10-23-16(15)25-7-5-24(6-8-25)11-12-1-3-14(19)4-2-12/h1-4,9-10H,5-8,11H2. The third-order valence-electron chi connectivity index (χ3n) is 4.14. The Hall–Kier alpha value is -1.86. The van der Waals surface area contributed by atoms with Crippen LogP contribution in [0.25, 0.3) is 0 Å². The molecule has 0 N–H and O–H groups in total. The third-order valence-corrected chi connectivity index (χ3v) is 4.42. The molecule has 0 bridgehead atoms. The number of piperazine rings is 1. The van der Waals surface area contributed by atoms with Gasteiger partial charge in [0.05, 0.1) is 10.6 Å². The van der Waals surface area contributed by atoms with Crippen LogP contribution in [0.5, 0.6) is 0 Å². The van der Waals surface area contributed by atoms with E-state index in [2.05, 4.69) is 9.88 Å². The fourth-order valence-corrected chi connectivity index (χ4v) is 3.07. The van der Waals surface area contributed by atoms with Crippen molar-refractivity contribution in [2.24, 2.45) is 0 Å². The molecule has 134 valence electrons. The minimum absolute atomic E-state index is 0.00168. The molecule has 1 aromatic heterocycles. The van der Waals surface area contributed by atoms with Crippen LogP contribution >= 0.6 is 11.6 Å². The van der Waals surface area contributed by atoms with Gasteiger partial charge in [0, 0.05) is 38.9 Å². The highest BCUT2D eigenvalue weighted by atomic mass is 35.5. The van der Waals surface area contributed by atoms with Gasteiger partial charge in [0.15, 0.2) is 0 Å². The quantitative estimate of drug-likeness (QED) is 0.751. The van der Waals surface area contributed by atoms with Crippen LogP contribution in [-0.4, -0.2) is 36.1 Å². The Labute approximate surface area is 147 Å². The van der Waals surface area contributed by atoms with Gasteiger partial charge in [0.1, 0.15) is 11.6 Å². The van der Waals surface area contributed by atoms with Crippen molar-refractivity contribution in [2.45, 2.75) is 12.7 Å². The Balaban J connectivity index is 1.61. The minimum atomic E-state index is -4.46. The van der Waals surface area contributed by atoms with E-state index in [1.807, 2.05) is 4.90 Å². The largest absolute Gasteiger partial charge is 0.417 e. The summed E-state index contributed by atoms with van der Waals surface area (Å²) in [4.78, 5) is 7.98. The highest BCUT2D eigenvalue weighted by Gasteiger charge is 2.32. The Bertz CT molecular complexity index is 726. The highest BCUT2D eigenvalue weighted by Crippen LogP contribution is 2.33. The zero-order chi connectivity index (χ0) is 18.0. The van der Waals surface area contributed by atoms with Crippen molar-refractivity contribution in [3.05, 3.63) is 58.5 Å². The predicted octanol–water partition coefficient (Wildman–Crippen LogP) is 4.22. The summed E-state index contributed by atoms with van der Waals surface area (Å²) in [6, 6.07) is 7.26. The lowest BCUT2D eigenvalue weighted by Crippen LogP contribution is -2.46. The molecule has 1 fully saturated rings. The molecule has 1 saturated heterocycles. The second-order valence-electron chi connectivity index (χ2n) is 5.92. The van der Waals surface area contributed by atoms with Crippen LogP contribution in [-0.2, 0) is 12.7 Å². The van der Waals surface area contributed by atoms with Gasteiger partial charge in [-0.1, -0.05) is 23.7 Å². The molecule has 0 atom stereocenters. The van der Waals surface area contributed by atoms with Crippen LogP contribution in [0.3, 0.4) is 0 Å². The summed E-state index contributed by atoms with van der Waals surface area (Å²) in [5, 5.41) is 0.00168. The predicted molar refractivity (Wildman–Crippen MR) is 88.1 cm³/mol. The van der Waals surface area contributed by atoms with E-state index in [1.165, 1.54) is 12.1 Å². The number of nitrogens with zero attached hydrogens (tertiary/aromatic N) is 3. The van der Waals surface area contributed by atoms with E-state index < -0.39 is 11.7 Å². The molecule has 8 heteroatoms. The van der Waals surface area contributed by atoms with E-state index in [0.29, 0.717) is 25.5 Å². The van der Waals surface area contributed by atoms with E-state index in [-0.39, 0.29) is 10.8 Å². The molecule has 2 aromatic rings. The summed E-state index contributed by atoms with van der Waals surface area (Å²) < 4.78 is 51.0. The van der Waals surface area contributed by atoms with Crippen LogP contribution in [0, 0.1) is 5.82 Å². The summed E-state index contributed by atoms with van der Waals surface area (Å²) in [7, 11) is 0. The first-order valence-corrected chi connectivity index (χ1v) is 8.15. The van der Waals surface area contributed by atoms with E-state index in [4.69, 9.17) is 11.6 Å². The second-order valence-corrected chi connectivity index (χ2v) is 6.32. The van der Waals surface area contributed by atoms with E-state index in [0.717, 1.165) is 30.9 Å². The van der Waals surface area contributed by atoms with E-state index in [9.17, 15) is 17.6 Å². The van der Waals surface area contributed by atoms with E-state index in [1.54, 1.807) is 12.1 Å². The first-order valence-electron chi connectivity index (χ1n) is 7.77. The molecule has 2 heterocycles. The first-order chi connectivity index (χ1) is 11.8. The van der Waals surface area contributed by atoms with Gasteiger partial charge >= 0.3 is 6.18 Å². The number of benzene rings is 1. The number of hydrogen-bond acceptors (Lipinski definition) is 3. The fraction of sp³-hybridized carbons (Fsp3) is 0.353. The topological polar surface area (TPSA) is 19.4 Å². The number of rotatable bonds is 3. The summed E-state index contributed by atoms with van der Waals surface area (Å²) >= 11 is 6.00. The molecular weight excluding hydrogens is 358 g/mol. The van der Waals surface area contributed by atoms with Gasteiger partial charge in [0.25, 0.3) is 0 Å². The van der Waals surface area contributed by atoms with Crippen LogP contribution in [0.15, 0.2) is 36.5 Å². The molecule has 1 aliphatic rings. The summed E-state index contributed by atoms with van der Waals surface area (Å²) in [6.07, 6.45) is -3.64. The van der Waals surface area contributed by atoms with Crippen molar-refractivity contribution in [3.63, 3.8) is 0 Å². The minimum Gasteiger partial charge on any atom is -0.353 e. The lowest BCUT2D eigenvalue weighted by molar-refractivity contribution is -0.137. The maximum absolute atomic E-state index is 12.9. The van der Waals surface area contributed by atoms with Crippen LogP contribution in [0.1, 0.15) is 11.1 Å². The second kappa shape index (κ2) is 7.17. The molecule has 0 spiro atoms. The molecule has 0 amide bonds. The zero-order valence-corrected chi connectivity index (χ0v) is 14.0. The zero-order valence-electron chi connectivity index (χ0n) is 13.2. The molecule has 1 aliphatic heterocycles. The Morgan fingerprint density at radius 3 is 2.24 bits per heavy atom. The molecule has 0 saturated carbocycles. The summed E-state index contributed by atoms with van der Waals surface area (Å²) in [5.41, 5.74) is 0.164. The average Bonchev–Trinajstić information content (AvgIpc) is 2.57. The number of halogens is 5. The van der Waals surface area contributed by atoms with Crippen LogP contribution < -0.4 is 4.90 Å². The number of aromatic nitrogens is 1. The summed E-state index contributed by atoms with van der Waals surface area (Å²) in [6.45, 7) is 3.35. The Morgan fingerprint density at radius 1 is 1.04 bits per heavy atom. The van der Waals surface area contributed by atoms with E-state index >= 15 is 0 Å². The van der Waals surface area contributed by atoms with Gasteiger partial charge in [0.2, 0.25) is 0 Å². The molecule has 3 rings (SSSR count). The average molecular weight is 374 g/mol. The molecule has 0 radical (unpaired) electrons. The van der Waals surface area contributed by atoms with Gasteiger partial charge in [-0.15, -0.1) is 0 Å². The number of alkyl halides is 3. The van der Waals surface area contributed by atoms with Crippen molar-refractivity contribution in [1.29, 1.82) is 0 Å². The summed E-state index contributed by atoms with van der Waals surface area (Å²) in [5.74, 6) is 0.104. The number of hydrogen-bond donors (Lipinski definition) is 0. The number of pyridine rings is 1. The van der Waals surface area contributed by atoms with Crippen molar-refractivity contribution >= 4 is 17.4 Å². The van der Waals surface area contributed by atoms with Gasteiger partial charge in [-0.05, 0) is 23.8 Å². The first kappa shape index (κ1) is 17.9. The van der Waals surface area contributed by atoms with Gasteiger partial charge in [-0.2, -0.15) is 13.2 Å².